The second kappa shape index (κ2) is 7.01. The van der Waals surface area contributed by atoms with Crippen molar-refractivity contribution in [3.63, 3.8) is 0 Å². The number of sulfonamides is 1. The van der Waals surface area contributed by atoms with E-state index in [1.54, 1.807) is 15.7 Å². The number of hydrogen-bond acceptors (Lipinski definition) is 4. The van der Waals surface area contributed by atoms with Gasteiger partial charge in [-0.25, -0.2) is 8.42 Å². The van der Waals surface area contributed by atoms with Gasteiger partial charge in [0, 0.05) is 57.7 Å². The maximum Gasteiger partial charge on any atom is 0.270 e. The first-order valence-corrected chi connectivity index (χ1v) is 10.7. The Balaban J connectivity index is 1.51. The summed E-state index contributed by atoms with van der Waals surface area (Å²) in [4.78, 5) is 16.6. The van der Waals surface area contributed by atoms with Crippen LogP contribution in [0.4, 0.5) is 5.69 Å². The molecular weight excluding hydrogens is 364 g/mol. The third kappa shape index (κ3) is 3.23. The number of amides is 1. The molecule has 27 heavy (non-hydrogen) atoms. The normalized spacial score (nSPS) is 18.6. The quantitative estimate of drug-likeness (QED) is 0.796. The highest BCUT2D eigenvalue weighted by molar-refractivity contribution is 7.89. The van der Waals surface area contributed by atoms with Crippen LogP contribution < -0.4 is 4.90 Å². The average molecular weight is 388 g/mol. The molecular formula is C19H24N4O3S. The molecule has 1 aromatic heterocycles. The summed E-state index contributed by atoms with van der Waals surface area (Å²) in [7, 11) is -3.59. The van der Waals surface area contributed by atoms with E-state index in [-0.39, 0.29) is 10.8 Å². The molecule has 0 atom stereocenters. The summed E-state index contributed by atoms with van der Waals surface area (Å²) in [6, 6.07) is 11.6. The first-order valence-electron chi connectivity index (χ1n) is 9.30. The molecule has 0 unspecified atom stereocenters. The molecule has 0 N–H and O–H groups in total. The van der Waals surface area contributed by atoms with Crippen LogP contribution in [0.1, 0.15) is 17.4 Å². The fraction of sp³-hybridized carbons (Fsp3) is 0.421. The fourth-order valence-electron chi connectivity index (χ4n) is 3.76. The first-order chi connectivity index (χ1) is 13.0. The maximum atomic E-state index is 13.1. The van der Waals surface area contributed by atoms with Gasteiger partial charge in [-0.2, -0.15) is 4.31 Å². The number of likely N-dealkylation sites (N-methyl/N-ethyl adjacent to an activating group) is 1. The highest BCUT2D eigenvalue weighted by Gasteiger charge is 2.32. The van der Waals surface area contributed by atoms with Crippen molar-refractivity contribution in [3.05, 3.63) is 48.3 Å². The van der Waals surface area contributed by atoms with E-state index in [4.69, 9.17) is 0 Å². The van der Waals surface area contributed by atoms with Crippen LogP contribution in [0, 0.1) is 0 Å². The van der Waals surface area contributed by atoms with Crippen molar-refractivity contribution < 1.29 is 13.2 Å². The number of aromatic nitrogens is 1. The van der Waals surface area contributed by atoms with Crippen molar-refractivity contribution >= 4 is 21.6 Å². The Labute approximate surface area is 159 Å². The summed E-state index contributed by atoms with van der Waals surface area (Å²) >= 11 is 0. The predicted octanol–water partition coefficient (Wildman–Crippen LogP) is 1.47. The van der Waals surface area contributed by atoms with Gasteiger partial charge in [0.15, 0.2) is 0 Å². The van der Waals surface area contributed by atoms with Gasteiger partial charge in [-0.15, -0.1) is 0 Å². The number of piperazine rings is 1. The van der Waals surface area contributed by atoms with Crippen molar-refractivity contribution in [1.29, 1.82) is 0 Å². The number of carbonyl (C=O) groups is 1. The minimum Gasteiger partial charge on any atom is -0.369 e. The maximum absolute atomic E-state index is 13.1. The van der Waals surface area contributed by atoms with E-state index in [1.165, 1.54) is 10.4 Å². The molecule has 7 nitrogen and oxygen atoms in total. The Bertz CT molecular complexity index is 931. The smallest absolute Gasteiger partial charge is 0.270 e. The van der Waals surface area contributed by atoms with Crippen molar-refractivity contribution in [1.82, 2.24) is 13.8 Å². The van der Waals surface area contributed by atoms with Crippen LogP contribution >= 0.6 is 0 Å². The number of rotatable bonds is 4. The molecule has 1 saturated heterocycles. The van der Waals surface area contributed by atoms with Crippen LogP contribution in [0.3, 0.4) is 0 Å². The zero-order valence-electron chi connectivity index (χ0n) is 15.4. The summed E-state index contributed by atoms with van der Waals surface area (Å²) in [5.41, 5.74) is 1.57. The van der Waals surface area contributed by atoms with Gasteiger partial charge in [0.25, 0.3) is 5.91 Å². The monoisotopic (exact) mass is 388 g/mol. The van der Waals surface area contributed by atoms with Gasteiger partial charge in [0.1, 0.15) is 10.6 Å². The van der Waals surface area contributed by atoms with E-state index in [0.29, 0.717) is 51.5 Å². The zero-order chi connectivity index (χ0) is 19.0. The zero-order valence-corrected chi connectivity index (χ0v) is 16.2. The lowest BCUT2D eigenvalue weighted by molar-refractivity contribution is 0.0715. The van der Waals surface area contributed by atoms with Gasteiger partial charge < -0.3 is 14.4 Å². The Morgan fingerprint density at radius 2 is 1.67 bits per heavy atom. The summed E-state index contributed by atoms with van der Waals surface area (Å²) in [5, 5.41) is 0. The summed E-state index contributed by atoms with van der Waals surface area (Å²) in [6.07, 6.45) is 1.61. The molecule has 0 saturated carbocycles. The minimum atomic E-state index is -3.59. The molecule has 0 spiro atoms. The van der Waals surface area contributed by atoms with Crippen molar-refractivity contribution in [3.8, 4) is 0 Å². The van der Waals surface area contributed by atoms with Gasteiger partial charge in [0.2, 0.25) is 10.0 Å². The third-order valence-electron chi connectivity index (χ3n) is 5.37. The fourth-order valence-corrected chi connectivity index (χ4v) is 5.22. The topological polar surface area (TPSA) is 65.9 Å². The van der Waals surface area contributed by atoms with Crippen LogP contribution in [0.25, 0.3) is 0 Å². The van der Waals surface area contributed by atoms with Crippen LogP contribution in [0.15, 0.2) is 47.5 Å². The summed E-state index contributed by atoms with van der Waals surface area (Å²) < 4.78 is 29.4. The highest BCUT2D eigenvalue weighted by atomic mass is 32.2. The van der Waals surface area contributed by atoms with E-state index >= 15 is 0 Å². The predicted molar refractivity (Wildman–Crippen MR) is 103 cm³/mol. The van der Waals surface area contributed by atoms with E-state index in [2.05, 4.69) is 4.90 Å². The molecule has 1 amide bonds. The lowest BCUT2D eigenvalue weighted by Gasteiger charge is -2.35. The van der Waals surface area contributed by atoms with E-state index in [0.717, 1.165) is 5.69 Å². The standard InChI is InChI=1S/C19H24N4O3S/c1-2-20-8-9-22-15-17(14-18(22)19(20)24)27(25,26)23-12-10-21(11-13-23)16-6-4-3-5-7-16/h3-7,14-15H,2,8-13H2,1H3. The molecule has 2 aromatic rings. The third-order valence-corrected chi connectivity index (χ3v) is 7.23. The van der Waals surface area contributed by atoms with Gasteiger partial charge in [-0.1, -0.05) is 18.2 Å². The molecule has 8 heteroatoms. The molecule has 0 bridgehead atoms. The number of para-hydroxylation sites is 1. The SMILES string of the molecule is CCN1CCn2cc(S(=O)(=O)N3CCN(c4ccccc4)CC3)cc2C1=O. The number of fused-ring (bicyclic) bond motifs is 1. The summed E-state index contributed by atoms with van der Waals surface area (Å²) in [6.45, 7) is 5.99. The van der Waals surface area contributed by atoms with Crippen LogP contribution in [-0.4, -0.2) is 67.4 Å². The minimum absolute atomic E-state index is 0.0981. The number of hydrogen-bond donors (Lipinski definition) is 0. The number of benzene rings is 1. The molecule has 1 fully saturated rings. The Morgan fingerprint density at radius 1 is 0.963 bits per heavy atom. The van der Waals surface area contributed by atoms with E-state index in [1.807, 2.05) is 37.3 Å². The lowest BCUT2D eigenvalue weighted by atomic mass is 10.2. The van der Waals surface area contributed by atoms with Crippen LogP contribution in [0.5, 0.6) is 0 Å². The van der Waals surface area contributed by atoms with E-state index < -0.39 is 10.0 Å². The molecule has 2 aliphatic rings. The van der Waals surface area contributed by atoms with Crippen LogP contribution in [0.2, 0.25) is 0 Å². The Hall–Kier alpha value is -2.32. The van der Waals surface area contributed by atoms with Crippen molar-refractivity contribution in [2.75, 3.05) is 44.2 Å². The molecule has 2 aliphatic heterocycles. The Morgan fingerprint density at radius 3 is 2.33 bits per heavy atom. The van der Waals surface area contributed by atoms with E-state index in [9.17, 15) is 13.2 Å². The van der Waals surface area contributed by atoms with Crippen LogP contribution in [-0.2, 0) is 16.6 Å². The lowest BCUT2D eigenvalue weighted by Crippen LogP contribution is -2.48. The number of nitrogens with zero attached hydrogens (tertiary/aromatic N) is 4. The molecule has 0 aliphatic carbocycles. The Kier molecular flexibility index (Phi) is 4.69. The molecule has 1 aromatic carbocycles. The largest absolute Gasteiger partial charge is 0.369 e. The molecule has 3 heterocycles. The van der Waals surface area contributed by atoms with Gasteiger partial charge in [0.05, 0.1) is 0 Å². The highest BCUT2D eigenvalue weighted by Crippen LogP contribution is 2.24. The van der Waals surface area contributed by atoms with Crippen molar-refractivity contribution in [2.24, 2.45) is 0 Å². The van der Waals surface area contributed by atoms with Gasteiger partial charge in [-0.3, -0.25) is 4.79 Å². The molecule has 0 radical (unpaired) electrons. The second-order valence-electron chi connectivity index (χ2n) is 6.87. The molecule has 144 valence electrons. The average Bonchev–Trinajstić information content (AvgIpc) is 3.15. The van der Waals surface area contributed by atoms with Gasteiger partial charge >= 0.3 is 0 Å². The second-order valence-corrected chi connectivity index (χ2v) is 8.80. The first kappa shape index (κ1) is 18.1. The summed E-state index contributed by atoms with van der Waals surface area (Å²) in [5.74, 6) is -0.0981. The van der Waals surface area contributed by atoms with Crippen molar-refractivity contribution in [2.45, 2.75) is 18.4 Å². The number of anilines is 1. The van der Waals surface area contributed by atoms with Gasteiger partial charge in [-0.05, 0) is 25.1 Å². The molecule has 4 rings (SSSR count). The number of carbonyl (C=O) groups excluding carboxylic acids is 1.